The summed E-state index contributed by atoms with van der Waals surface area (Å²) < 4.78 is 26.5. The fourth-order valence-electron chi connectivity index (χ4n) is 1.90. The topological polar surface area (TPSA) is 12.0 Å². The van der Waals surface area contributed by atoms with Crippen LogP contribution < -0.4 is 5.32 Å². The van der Waals surface area contributed by atoms with E-state index in [1.807, 2.05) is 7.05 Å². The zero-order valence-corrected chi connectivity index (χ0v) is 11.8. The Morgan fingerprint density at radius 1 is 1.11 bits per heavy atom. The first kappa shape index (κ1) is 15.1. The molecular formula is C15H23F2N. The number of halogens is 2. The zero-order valence-electron chi connectivity index (χ0n) is 11.8. The molecule has 0 aromatic heterocycles. The molecule has 1 N–H and O–H groups in total. The molecule has 0 heterocycles. The molecule has 0 aliphatic rings. The average Bonchev–Trinajstić information content (AvgIpc) is 2.22. The van der Waals surface area contributed by atoms with Gasteiger partial charge >= 0.3 is 0 Å². The van der Waals surface area contributed by atoms with Gasteiger partial charge in [0.1, 0.15) is 11.6 Å². The second-order valence-corrected chi connectivity index (χ2v) is 6.05. The van der Waals surface area contributed by atoms with Crippen molar-refractivity contribution in [3.63, 3.8) is 0 Å². The highest BCUT2D eigenvalue weighted by molar-refractivity contribution is 5.21. The van der Waals surface area contributed by atoms with Gasteiger partial charge in [-0.25, -0.2) is 8.78 Å². The predicted molar refractivity (Wildman–Crippen MR) is 71.4 cm³/mol. The minimum Gasteiger partial charge on any atom is -0.313 e. The Morgan fingerprint density at radius 3 is 2.00 bits per heavy atom. The number of nitrogens with one attached hydrogen (secondary N) is 1. The van der Waals surface area contributed by atoms with Crippen LogP contribution in [0.4, 0.5) is 8.78 Å². The van der Waals surface area contributed by atoms with Crippen LogP contribution in [0, 0.1) is 23.0 Å². The maximum Gasteiger partial charge on any atom is 0.126 e. The van der Waals surface area contributed by atoms with Crippen LogP contribution >= 0.6 is 0 Å². The van der Waals surface area contributed by atoms with Crippen molar-refractivity contribution in [3.8, 4) is 0 Å². The van der Waals surface area contributed by atoms with Gasteiger partial charge in [-0.2, -0.15) is 0 Å². The Morgan fingerprint density at radius 2 is 1.61 bits per heavy atom. The molecule has 0 radical (unpaired) electrons. The van der Waals surface area contributed by atoms with Crippen LogP contribution in [0.5, 0.6) is 0 Å². The molecule has 0 bridgehead atoms. The summed E-state index contributed by atoms with van der Waals surface area (Å²) in [7, 11) is 1.82. The number of rotatable bonds is 4. The molecule has 1 aromatic carbocycles. The average molecular weight is 255 g/mol. The van der Waals surface area contributed by atoms with Crippen LogP contribution in [0.3, 0.4) is 0 Å². The lowest BCUT2D eigenvalue weighted by molar-refractivity contribution is 0.226. The maximum atomic E-state index is 13.2. The van der Waals surface area contributed by atoms with Gasteiger partial charge in [0, 0.05) is 12.1 Å². The summed E-state index contributed by atoms with van der Waals surface area (Å²) in [6.07, 6.45) is 0.850. The minimum absolute atomic E-state index is 0.0237. The Bertz CT molecular complexity index is 376. The molecule has 3 heteroatoms. The summed E-state index contributed by atoms with van der Waals surface area (Å²) in [6.45, 7) is 8.70. The van der Waals surface area contributed by atoms with E-state index < -0.39 is 11.6 Å². The molecule has 0 aliphatic carbocycles. The molecule has 18 heavy (non-hydrogen) atoms. The normalized spacial score (nSPS) is 15.5. The van der Waals surface area contributed by atoms with E-state index >= 15 is 0 Å². The van der Waals surface area contributed by atoms with Crippen molar-refractivity contribution < 1.29 is 8.78 Å². The molecule has 0 amide bonds. The first-order chi connectivity index (χ1) is 8.24. The first-order valence-corrected chi connectivity index (χ1v) is 6.37. The lowest BCUT2D eigenvalue weighted by Crippen LogP contribution is -2.25. The Balaban J connectivity index is 2.89. The van der Waals surface area contributed by atoms with E-state index in [0.29, 0.717) is 11.5 Å². The summed E-state index contributed by atoms with van der Waals surface area (Å²) in [5.41, 5.74) is 0.854. The van der Waals surface area contributed by atoms with Crippen molar-refractivity contribution in [2.75, 3.05) is 7.05 Å². The van der Waals surface area contributed by atoms with Crippen LogP contribution in [0.15, 0.2) is 18.2 Å². The van der Waals surface area contributed by atoms with Crippen LogP contribution in [0.25, 0.3) is 0 Å². The molecule has 1 aromatic rings. The highest BCUT2D eigenvalue weighted by Crippen LogP contribution is 2.33. The fourth-order valence-corrected chi connectivity index (χ4v) is 1.90. The number of hydrogen-bond acceptors (Lipinski definition) is 1. The van der Waals surface area contributed by atoms with Crippen LogP contribution in [-0.2, 0) is 0 Å². The summed E-state index contributed by atoms with van der Waals surface area (Å²) in [5, 5.41) is 3.14. The highest BCUT2D eigenvalue weighted by Gasteiger charge is 2.24. The van der Waals surface area contributed by atoms with Crippen molar-refractivity contribution in [1.82, 2.24) is 5.32 Å². The fraction of sp³-hybridized carbons (Fsp3) is 0.600. The summed E-state index contributed by atoms with van der Waals surface area (Å²) in [5.74, 6) is -0.594. The third-order valence-corrected chi connectivity index (χ3v) is 3.70. The second-order valence-electron chi connectivity index (χ2n) is 6.05. The van der Waals surface area contributed by atoms with E-state index in [-0.39, 0.29) is 11.5 Å². The maximum absolute atomic E-state index is 13.2. The molecule has 2 unspecified atom stereocenters. The molecular weight excluding hydrogens is 232 g/mol. The summed E-state index contributed by atoms with van der Waals surface area (Å²) >= 11 is 0. The lowest BCUT2D eigenvalue weighted by atomic mass is 9.77. The highest BCUT2D eigenvalue weighted by atomic mass is 19.1. The minimum atomic E-state index is -0.520. The molecule has 0 spiro atoms. The molecule has 102 valence electrons. The van der Waals surface area contributed by atoms with E-state index in [4.69, 9.17) is 0 Å². The van der Waals surface area contributed by atoms with Gasteiger partial charge in [0.2, 0.25) is 0 Å². The molecule has 2 atom stereocenters. The van der Waals surface area contributed by atoms with E-state index in [1.165, 1.54) is 12.1 Å². The van der Waals surface area contributed by atoms with Crippen molar-refractivity contribution in [3.05, 3.63) is 35.4 Å². The summed E-state index contributed by atoms with van der Waals surface area (Å²) in [6, 6.07) is 3.69. The van der Waals surface area contributed by atoms with Gasteiger partial charge in [-0.05, 0) is 42.5 Å². The van der Waals surface area contributed by atoms with Gasteiger partial charge in [-0.1, -0.05) is 27.7 Å². The van der Waals surface area contributed by atoms with Crippen molar-refractivity contribution >= 4 is 0 Å². The molecule has 0 saturated carbocycles. The monoisotopic (exact) mass is 255 g/mol. The van der Waals surface area contributed by atoms with Gasteiger partial charge in [0.05, 0.1) is 0 Å². The first-order valence-electron chi connectivity index (χ1n) is 6.37. The van der Waals surface area contributed by atoms with Gasteiger partial charge in [-0.3, -0.25) is 0 Å². The molecule has 0 saturated heterocycles. The van der Waals surface area contributed by atoms with Crippen LogP contribution in [0.1, 0.15) is 45.7 Å². The van der Waals surface area contributed by atoms with Gasteiger partial charge in [0.25, 0.3) is 0 Å². The smallest absolute Gasteiger partial charge is 0.126 e. The van der Waals surface area contributed by atoms with E-state index in [0.717, 1.165) is 12.5 Å². The largest absolute Gasteiger partial charge is 0.313 e. The molecule has 1 rings (SSSR count). The van der Waals surface area contributed by atoms with Crippen LogP contribution in [0.2, 0.25) is 0 Å². The molecule has 0 fully saturated rings. The third kappa shape index (κ3) is 4.05. The van der Waals surface area contributed by atoms with Gasteiger partial charge in [-0.15, -0.1) is 0 Å². The molecule has 0 aliphatic heterocycles. The number of benzene rings is 1. The van der Waals surface area contributed by atoms with E-state index in [2.05, 4.69) is 33.0 Å². The summed E-state index contributed by atoms with van der Waals surface area (Å²) in [4.78, 5) is 0. The Kier molecular flexibility index (Phi) is 4.85. The molecule has 1 nitrogen and oxygen atoms in total. The lowest BCUT2D eigenvalue weighted by Gasteiger charge is -2.31. The van der Waals surface area contributed by atoms with Crippen LogP contribution in [-0.4, -0.2) is 7.05 Å². The van der Waals surface area contributed by atoms with Crippen molar-refractivity contribution in [1.29, 1.82) is 0 Å². The third-order valence-electron chi connectivity index (χ3n) is 3.70. The Hall–Kier alpha value is -0.960. The number of hydrogen-bond donors (Lipinski definition) is 1. The Labute approximate surface area is 109 Å². The van der Waals surface area contributed by atoms with Crippen molar-refractivity contribution in [2.24, 2.45) is 11.3 Å². The zero-order chi connectivity index (χ0) is 13.9. The quantitative estimate of drug-likeness (QED) is 0.846. The van der Waals surface area contributed by atoms with Gasteiger partial charge < -0.3 is 5.32 Å². The van der Waals surface area contributed by atoms with E-state index in [9.17, 15) is 8.78 Å². The second kappa shape index (κ2) is 5.79. The van der Waals surface area contributed by atoms with Crippen molar-refractivity contribution in [2.45, 2.75) is 40.2 Å². The predicted octanol–water partition coefficient (Wildman–Crippen LogP) is 4.30. The van der Waals surface area contributed by atoms with Gasteiger partial charge in [0.15, 0.2) is 0 Å². The van der Waals surface area contributed by atoms with E-state index in [1.54, 1.807) is 0 Å². The standard InChI is InChI=1S/C15H23F2N/c1-10(15(2,3)4)6-14(18-5)11-7-12(16)9-13(17)8-11/h7-10,14,18H,6H2,1-5H3. The SMILES string of the molecule is CNC(CC(C)C(C)(C)C)c1cc(F)cc(F)c1.